The highest BCUT2D eigenvalue weighted by Crippen LogP contribution is 2.17. The van der Waals surface area contributed by atoms with E-state index in [1.54, 1.807) is 0 Å². The molecule has 1 heterocycles. The van der Waals surface area contributed by atoms with Crippen molar-refractivity contribution in [2.24, 2.45) is 5.73 Å². The molecule has 0 aliphatic carbocycles. The molecule has 1 fully saturated rings. The Bertz CT molecular complexity index is 662. The van der Waals surface area contributed by atoms with Crippen LogP contribution in [0, 0.1) is 0 Å². The fourth-order valence-electron chi connectivity index (χ4n) is 1.97. The molecule has 0 unspecified atom stereocenters. The van der Waals surface area contributed by atoms with E-state index in [1.165, 1.54) is 36.1 Å². The molecular weight excluding hydrogens is 334 g/mol. The Hall–Kier alpha value is -2.55. The van der Waals surface area contributed by atoms with Crippen LogP contribution < -0.4 is 11.1 Å². The van der Waals surface area contributed by atoms with Gasteiger partial charge in [0.1, 0.15) is 6.54 Å². The number of anilines is 1. The fraction of sp³-hybridized carbons (Fsp3) is 0.333. The van der Waals surface area contributed by atoms with Gasteiger partial charge in [-0.1, -0.05) is 11.8 Å². The number of nitrogens with two attached hydrogens (primary N) is 1. The third-order valence-electron chi connectivity index (χ3n) is 3.28. The molecule has 1 aliphatic heterocycles. The van der Waals surface area contributed by atoms with Crippen LogP contribution in [-0.4, -0.2) is 52.9 Å². The number of ether oxygens (including phenoxy) is 1. The number of rotatable bonds is 6. The maximum atomic E-state index is 12.0. The second kappa shape index (κ2) is 7.82. The summed E-state index contributed by atoms with van der Waals surface area (Å²) in [5.41, 5.74) is 5.90. The Labute approximate surface area is 142 Å². The minimum Gasteiger partial charge on any atom is -0.451 e. The molecule has 24 heavy (non-hydrogen) atoms. The molecule has 0 saturated carbocycles. The average Bonchev–Trinajstić information content (AvgIpc) is 2.92. The number of carbonyl (C=O) groups excluding carboxylic acids is 4. The monoisotopic (exact) mass is 351 g/mol. The van der Waals surface area contributed by atoms with Gasteiger partial charge in [0.05, 0.1) is 0 Å². The predicted octanol–water partition coefficient (Wildman–Crippen LogP) is 0.824. The zero-order chi connectivity index (χ0) is 17.7. The number of hydrogen-bond acceptors (Lipinski definition) is 6. The largest absolute Gasteiger partial charge is 0.451 e. The molecule has 9 heteroatoms. The van der Waals surface area contributed by atoms with Gasteiger partial charge in [-0.3, -0.25) is 19.2 Å². The Balaban J connectivity index is 1.84. The van der Waals surface area contributed by atoms with Gasteiger partial charge in [-0.2, -0.15) is 0 Å². The first kappa shape index (κ1) is 17.8. The summed E-state index contributed by atoms with van der Waals surface area (Å²) in [6, 6.07) is 6.00. The topological polar surface area (TPSA) is 119 Å². The van der Waals surface area contributed by atoms with Crippen molar-refractivity contribution in [1.29, 1.82) is 0 Å². The Morgan fingerprint density at radius 1 is 1.33 bits per heavy atom. The van der Waals surface area contributed by atoms with E-state index < -0.39 is 23.9 Å². The van der Waals surface area contributed by atoms with Gasteiger partial charge in [-0.05, 0) is 31.2 Å². The van der Waals surface area contributed by atoms with E-state index >= 15 is 0 Å². The van der Waals surface area contributed by atoms with Crippen molar-refractivity contribution in [3.63, 3.8) is 0 Å². The summed E-state index contributed by atoms with van der Waals surface area (Å²) in [5.74, 6) is -1.08. The van der Waals surface area contributed by atoms with Crippen LogP contribution in [0.2, 0.25) is 0 Å². The number of amides is 3. The summed E-state index contributed by atoms with van der Waals surface area (Å²) >= 11 is 1.14. The van der Waals surface area contributed by atoms with Crippen molar-refractivity contribution in [2.75, 3.05) is 24.2 Å². The standard InChI is InChI=1S/C15H17N3O5S/c1-9(23-12(19)8-18-6-7-24-15(18)22)14(21)17-11-4-2-10(3-5-11)13(16)20/h2-5,9H,6-8H2,1H3,(H2,16,20)(H,17,21)/t9-/m1/s1. The van der Waals surface area contributed by atoms with E-state index in [1.807, 2.05) is 0 Å². The zero-order valence-electron chi connectivity index (χ0n) is 13.0. The lowest BCUT2D eigenvalue weighted by atomic mass is 10.2. The van der Waals surface area contributed by atoms with Gasteiger partial charge in [-0.25, -0.2) is 0 Å². The van der Waals surface area contributed by atoms with Gasteiger partial charge >= 0.3 is 5.97 Å². The van der Waals surface area contributed by atoms with Crippen LogP contribution in [0.5, 0.6) is 0 Å². The summed E-state index contributed by atoms with van der Waals surface area (Å²) in [7, 11) is 0. The normalized spacial score (nSPS) is 15.0. The van der Waals surface area contributed by atoms with Crippen molar-refractivity contribution in [3.8, 4) is 0 Å². The Morgan fingerprint density at radius 3 is 2.54 bits per heavy atom. The van der Waals surface area contributed by atoms with Crippen LogP contribution in [0.4, 0.5) is 10.5 Å². The summed E-state index contributed by atoms with van der Waals surface area (Å²) in [5, 5.41) is 2.39. The third kappa shape index (κ3) is 4.72. The van der Waals surface area contributed by atoms with Crippen LogP contribution >= 0.6 is 11.8 Å². The average molecular weight is 351 g/mol. The summed E-state index contributed by atoms with van der Waals surface area (Å²) < 4.78 is 5.03. The van der Waals surface area contributed by atoms with E-state index in [2.05, 4.69) is 5.32 Å². The quantitative estimate of drug-likeness (QED) is 0.733. The van der Waals surface area contributed by atoms with Crippen molar-refractivity contribution < 1.29 is 23.9 Å². The molecule has 1 aliphatic rings. The molecule has 0 aromatic heterocycles. The molecule has 3 N–H and O–H groups in total. The van der Waals surface area contributed by atoms with Gasteiger partial charge in [0.2, 0.25) is 5.91 Å². The molecule has 0 bridgehead atoms. The van der Waals surface area contributed by atoms with E-state index in [-0.39, 0.29) is 11.8 Å². The van der Waals surface area contributed by atoms with Crippen molar-refractivity contribution in [2.45, 2.75) is 13.0 Å². The molecule has 1 saturated heterocycles. The summed E-state index contributed by atoms with van der Waals surface area (Å²) in [4.78, 5) is 47.5. The lowest BCUT2D eigenvalue weighted by Gasteiger charge is -2.17. The lowest BCUT2D eigenvalue weighted by Crippen LogP contribution is -2.36. The number of primary amides is 1. The SMILES string of the molecule is C[C@@H](OC(=O)CN1CCSC1=O)C(=O)Nc1ccc(C(N)=O)cc1. The first-order chi connectivity index (χ1) is 11.4. The van der Waals surface area contributed by atoms with E-state index in [9.17, 15) is 19.2 Å². The van der Waals surface area contributed by atoms with Crippen molar-refractivity contribution >= 4 is 40.5 Å². The van der Waals surface area contributed by atoms with Crippen molar-refractivity contribution in [3.05, 3.63) is 29.8 Å². The van der Waals surface area contributed by atoms with Gasteiger partial charge in [0.15, 0.2) is 6.10 Å². The van der Waals surface area contributed by atoms with Gasteiger partial charge in [0.25, 0.3) is 11.1 Å². The summed E-state index contributed by atoms with van der Waals surface area (Å²) in [6.45, 7) is 1.76. The molecule has 3 amide bonds. The van der Waals surface area contributed by atoms with Gasteiger partial charge in [-0.15, -0.1) is 0 Å². The van der Waals surface area contributed by atoms with E-state index in [0.29, 0.717) is 23.5 Å². The second-order valence-corrected chi connectivity index (χ2v) is 6.15. The number of nitrogens with zero attached hydrogens (tertiary/aromatic N) is 1. The first-order valence-corrected chi connectivity index (χ1v) is 8.17. The Kier molecular flexibility index (Phi) is 5.80. The van der Waals surface area contributed by atoms with Crippen LogP contribution in [0.25, 0.3) is 0 Å². The number of esters is 1. The highest BCUT2D eigenvalue weighted by Gasteiger charge is 2.26. The van der Waals surface area contributed by atoms with E-state index in [0.717, 1.165) is 11.8 Å². The highest BCUT2D eigenvalue weighted by molar-refractivity contribution is 8.13. The number of nitrogens with one attached hydrogen (secondary N) is 1. The second-order valence-electron chi connectivity index (χ2n) is 5.10. The van der Waals surface area contributed by atoms with Gasteiger partial charge < -0.3 is 20.7 Å². The van der Waals surface area contributed by atoms with E-state index in [4.69, 9.17) is 10.5 Å². The first-order valence-electron chi connectivity index (χ1n) is 7.18. The number of carbonyl (C=O) groups is 4. The molecule has 128 valence electrons. The smallest absolute Gasteiger partial charge is 0.326 e. The number of benzene rings is 1. The van der Waals surface area contributed by atoms with Crippen LogP contribution in [0.3, 0.4) is 0 Å². The molecule has 2 rings (SSSR count). The third-order valence-corrected chi connectivity index (χ3v) is 4.17. The van der Waals surface area contributed by atoms with Crippen LogP contribution in [0.1, 0.15) is 17.3 Å². The molecular formula is C15H17N3O5S. The fourth-order valence-corrected chi connectivity index (χ4v) is 2.80. The molecule has 0 spiro atoms. The zero-order valence-corrected chi connectivity index (χ0v) is 13.8. The molecule has 1 aromatic carbocycles. The predicted molar refractivity (Wildman–Crippen MR) is 88.6 cm³/mol. The van der Waals surface area contributed by atoms with Gasteiger partial charge in [0, 0.05) is 23.5 Å². The minimum absolute atomic E-state index is 0.168. The lowest BCUT2D eigenvalue weighted by molar-refractivity contribution is -0.153. The molecule has 1 aromatic rings. The Morgan fingerprint density at radius 2 is 2.00 bits per heavy atom. The molecule has 1 atom stereocenters. The van der Waals surface area contributed by atoms with Crippen molar-refractivity contribution in [1.82, 2.24) is 4.90 Å². The number of hydrogen-bond donors (Lipinski definition) is 2. The number of thioether (sulfide) groups is 1. The highest BCUT2D eigenvalue weighted by atomic mass is 32.2. The maximum absolute atomic E-state index is 12.0. The summed E-state index contributed by atoms with van der Waals surface area (Å²) in [6.07, 6.45) is -1.02. The van der Waals surface area contributed by atoms with Crippen LogP contribution in [0.15, 0.2) is 24.3 Å². The van der Waals surface area contributed by atoms with Crippen LogP contribution in [-0.2, 0) is 14.3 Å². The minimum atomic E-state index is -1.02. The maximum Gasteiger partial charge on any atom is 0.326 e. The molecule has 8 nitrogen and oxygen atoms in total. The molecule has 0 radical (unpaired) electrons.